The van der Waals surface area contributed by atoms with E-state index in [1.54, 1.807) is 7.05 Å². The van der Waals surface area contributed by atoms with Gasteiger partial charge in [0.05, 0.1) is 36.4 Å². The van der Waals surface area contributed by atoms with Crippen LogP contribution in [0.4, 0.5) is 0 Å². The second-order valence-corrected chi connectivity index (χ2v) is 8.27. The van der Waals surface area contributed by atoms with Crippen LogP contribution in [0.3, 0.4) is 0 Å². The lowest BCUT2D eigenvalue weighted by Crippen LogP contribution is -2.48. The molecule has 1 atom stereocenters. The van der Waals surface area contributed by atoms with E-state index < -0.39 is 0 Å². The van der Waals surface area contributed by atoms with Gasteiger partial charge in [0, 0.05) is 33.2 Å². The van der Waals surface area contributed by atoms with E-state index in [2.05, 4.69) is 16.3 Å². The molecular weight excluding hydrogens is 344 g/mol. The van der Waals surface area contributed by atoms with Gasteiger partial charge in [0.25, 0.3) is 0 Å². The summed E-state index contributed by atoms with van der Waals surface area (Å²) in [4.78, 5) is 31.0. The van der Waals surface area contributed by atoms with Gasteiger partial charge < -0.3 is 15.1 Å². The van der Waals surface area contributed by atoms with Crippen LogP contribution < -0.4 is 5.32 Å². The molecule has 4 heterocycles. The highest BCUT2D eigenvalue weighted by Crippen LogP contribution is 2.40. The Morgan fingerprint density at radius 1 is 1.26 bits per heavy atom. The van der Waals surface area contributed by atoms with E-state index in [0.29, 0.717) is 25.5 Å². The number of carbonyl (C=O) groups is 2. The van der Waals surface area contributed by atoms with E-state index in [4.69, 9.17) is 5.10 Å². The van der Waals surface area contributed by atoms with Crippen molar-refractivity contribution >= 4 is 11.8 Å². The van der Waals surface area contributed by atoms with Crippen molar-refractivity contribution < 1.29 is 9.59 Å². The Balaban J connectivity index is 1.39. The van der Waals surface area contributed by atoms with E-state index in [1.165, 1.54) is 0 Å². The molecule has 1 aromatic rings. The summed E-state index contributed by atoms with van der Waals surface area (Å²) in [6.45, 7) is 5.92. The Bertz CT molecular complexity index is 732. The fraction of sp³-hybridized carbons (Fsp3) is 0.737. The van der Waals surface area contributed by atoms with Crippen LogP contribution in [0, 0.1) is 5.41 Å². The lowest BCUT2D eigenvalue weighted by Gasteiger charge is -2.37. The van der Waals surface area contributed by atoms with Crippen molar-refractivity contribution in [2.45, 2.75) is 38.9 Å². The summed E-state index contributed by atoms with van der Waals surface area (Å²) in [6.07, 6.45) is 3.07. The molecular formula is C19H30N6O2. The third-order valence-corrected chi connectivity index (χ3v) is 6.30. The smallest absolute Gasteiger partial charge is 0.236 e. The zero-order valence-corrected chi connectivity index (χ0v) is 16.4. The number of rotatable bonds is 4. The minimum absolute atomic E-state index is 0.132. The first-order valence-electron chi connectivity index (χ1n) is 9.97. The van der Waals surface area contributed by atoms with Crippen LogP contribution in [0.25, 0.3) is 0 Å². The molecule has 8 nitrogen and oxygen atoms in total. The number of fused-ring (bicyclic) bond motifs is 1. The zero-order chi connectivity index (χ0) is 19.0. The molecule has 3 aliphatic heterocycles. The third-order valence-electron chi connectivity index (χ3n) is 6.30. The number of nitrogens with one attached hydrogen (secondary N) is 1. The Hall–Kier alpha value is -1.93. The Morgan fingerprint density at radius 3 is 2.93 bits per heavy atom. The average Bonchev–Trinajstić information content (AvgIpc) is 3.23. The van der Waals surface area contributed by atoms with Crippen LogP contribution in [0.1, 0.15) is 30.7 Å². The van der Waals surface area contributed by atoms with E-state index in [1.807, 2.05) is 21.5 Å². The van der Waals surface area contributed by atoms with E-state index >= 15 is 0 Å². The van der Waals surface area contributed by atoms with E-state index in [0.717, 1.165) is 63.4 Å². The van der Waals surface area contributed by atoms with Gasteiger partial charge in [-0.15, -0.1) is 0 Å². The SMILES string of the molecule is CNCC(=O)N1CCn2nc(CN3CCC4(CCCN(C)C4=O)C3)cc2C1. The molecule has 1 unspecified atom stereocenters. The molecule has 1 aromatic heterocycles. The van der Waals surface area contributed by atoms with Gasteiger partial charge in [-0.1, -0.05) is 0 Å². The van der Waals surface area contributed by atoms with Crippen molar-refractivity contribution in [3.63, 3.8) is 0 Å². The molecule has 0 bridgehead atoms. The van der Waals surface area contributed by atoms with Gasteiger partial charge in [-0.25, -0.2) is 0 Å². The molecule has 1 N–H and O–H groups in total. The zero-order valence-electron chi connectivity index (χ0n) is 16.4. The number of likely N-dealkylation sites (tertiary alicyclic amines) is 2. The highest BCUT2D eigenvalue weighted by molar-refractivity contribution is 5.84. The second kappa shape index (κ2) is 7.24. The quantitative estimate of drug-likeness (QED) is 0.796. The number of piperidine rings is 1. The largest absolute Gasteiger partial charge is 0.345 e. The van der Waals surface area contributed by atoms with Crippen molar-refractivity contribution in [1.29, 1.82) is 0 Å². The monoisotopic (exact) mass is 374 g/mol. The fourth-order valence-corrected chi connectivity index (χ4v) is 4.85. The summed E-state index contributed by atoms with van der Waals surface area (Å²) in [6, 6.07) is 2.12. The first kappa shape index (κ1) is 18.4. The lowest BCUT2D eigenvalue weighted by atomic mass is 9.78. The van der Waals surface area contributed by atoms with Gasteiger partial charge >= 0.3 is 0 Å². The fourth-order valence-electron chi connectivity index (χ4n) is 4.85. The molecule has 2 amide bonds. The Kier molecular flexibility index (Phi) is 4.94. The van der Waals surface area contributed by atoms with E-state index in [9.17, 15) is 9.59 Å². The topological polar surface area (TPSA) is 73.7 Å². The maximum atomic E-state index is 12.7. The average molecular weight is 374 g/mol. The Labute approximate surface area is 160 Å². The number of nitrogens with zero attached hydrogens (tertiary/aromatic N) is 5. The molecule has 2 fully saturated rings. The van der Waals surface area contributed by atoms with E-state index in [-0.39, 0.29) is 11.3 Å². The minimum atomic E-state index is -0.178. The molecule has 1 spiro atoms. The van der Waals surface area contributed by atoms with Crippen LogP contribution in [-0.2, 0) is 29.2 Å². The van der Waals surface area contributed by atoms with Gasteiger partial charge in [0.15, 0.2) is 0 Å². The molecule has 148 valence electrons. The van der Waals surface area contributed by atoms with Crippen molar-refractivity contribution in [2.24, 2.45) is 5.41 Å². The van der Waals surface area contributed by atoms with Gasteiger partial charge in [-0.2, -0.15) is 5.10 Å². The maximum Gasteiger partial charge on any atom is 0.236 e. The molecule has 8 heteroatoms. The predicted octanol–water partition coefficient (Wildman–Crippen LogP) is -0.111. The first-order chi connectivity index (χ1) is 13.0. The van der Waals surface area contributed by atoms with Crippen LogP contribution in [0.15, 0.2) is 6.07 Å². The number of aromatic nitrogens is 2. The standard InChI is InChI=1S/C19H30N6O2/c1-20-11-17(26)24-8-9-25-16(13-24)10-15(21-25)12-23-7-5-19(14-23)4-3-6-22(2)18(19)27/h10,20H,3-9,11-14H2,1-2H3. The summed E-state index contributed by atoms with van der Waals surface area (Å²) >= 11 is 0. The van der Waals surface area contributed by atoms with Crippen molar-refractivity contribution in [2.75, 3.05) is 46.8 Å². The summed E-state index contributed by atoms with van der Waals surface area (Å²) in [5, 5.41) is 7.67. The van der Waals surface area contributed by atoms with Crippen LogP contribution in [0.5, 0.6) is 0 Å². The second-order valence-electron chi connectivity index (χ2n) is 8.27. The third kappa shape index (κ3) is 3.48. The van der Waals surface area contributed by atoms with Gasteiger partial charge in [0.2, 0.25) is 11.8 Å². The summed E-state index contributed by atoms with van der Waals surface area (Å²) in [5.41, 5.74) is 1.97. The summed E-state index contributed by atoms with van der Waals surface area (Å²) < 4.78 is 2.03. The minimum Gasteiger partial charge on any atom is -0.345 e. The number of amides is 2. The normalized spacial score (nSPS) is 26.1. The van der Waals surface area contributed by atoms with Crippen molar-refractivity contribution in [3.05, 3.63) is 17.5 Å². The highest BCUT2D eigenvalue weighted by atomic mass is 16.2. The number of likely N-dealkylation sites (N-methyl/N-ethyl adjacent to an activating group) is 1. The molecule has 3 aliphatic rings. The molecule has 0 radical (unpaired) electrons. The van der Waals surface area contributed by atoms with Crippen LogP contribution in [0.2, 0.25) is 0 Å². The predicted molar refractivity (Wildman–Crippen MR) is 101 cm³/mol. The number of carbonyl (C=O) groups excluding carboxylic acids is 2. The first-order valence-corrected chi connectivity index (χ1v) is 9.97. The summed E-state index contributed by atoms with van der Waals surface area (Å²) in [5.74, 6) is 0.451. The highest BCUT2D eigenvalue weighted by Gasteiger charge is 2.47. The Morgan fingerprint density at radius 2 is 2.11 bits per heavy atom. The molecule has 0 saturated carbocycles. The summed E-state index contributed by atoms with van der Waals surface area (Å²) in [7, 11) is 3.72. The van der Waals surface area contributed by atoms with Gasteiger partial charge in [-0.3, -0.25) is 19.2 Å². The van der Waals surface area contributed by atoms with Gasteiger partial charge in [0.1, 0.15) is 0 Å². The molecule has 4 rings (SSSR count). The number of hydrogen-bond acceptors (Lipinski definition) is 5. The van der Waals surface area contributed by atoms with Crippen molar-refractivity contribution in [3.8, 4) is 0 Å². The van der Waals surface area contributed by atoms with Gasteiger partial charge in [-0.05, 0) is 38.9 Å². The van der Waals surface area contributed by atoms with Crippen molar-refractivity contribution in [1.82, 2.24) is 29.8 Å². The molecule has 27 heavy (non-hydrogen) atoms. The molecule has 0 aliphatic carbocycles. The lowest BCUT2D eigenvalue weighted by molar-refractivity contribution is -0.144. The molecule has 2 saturated heterocycles. The molecule has 0 aromatic carbocycles. The van der Waals surface area contributed by atoms with Crippen LogP contribution >= 0.6 is 0 Å². The number of hydrogen-bond donors (Lipinski definition) is 1. The van der Waals surface area contributed by atoms with Crippen LogP contribution in [-0.4, -0.2) is 83.1 Å². The maximum absolute atomic E-state index is 12.7.